The van der Waals surface area contributed by atoms with Gasteiger partial charge in [-0.15, -0.1) is 0 Å². The molecule has 27 heavy (non-hydrogen) atoms. The van der Waals surface area contributed by atoms with Crippen LogP contribution >= 0.6 is 0 Å². The van der Waals surface area contributed by atoms with Gasteiger partial charge in [0.25, 0.3) is 5.91 Å². The van der Waals surface area contributed by atoms with E-state index >= 15 is 0 Å². The lowest BCUT2D eigenvalue weighted by atomic mass is 10.2. The highest BCUT2D eigenvalue weighted by molar-refractivity contribution is 7.89. The third kappa shape index (κ3) is 5.53. The first-order chi connectivity index (χ1) is 12.7. The average Bonchev–Trinajstić information content (AvgIpc) is 2.66. The Morgan fingerprint density at radius 3 is 2.41 bits per heavy atom. The summed E-state index contributed by atoms with van der Waals surface area (Å²) in [6.07, 6.45) is -0.679. The summed E-state index contributed by atoms with van der Waals surface area (Å²) in [6, 6.07) is 13.4. The molecule has 0 aromatic heterocycles. The minimum atomic E-state index is -3.50. The minimum Gasteiger partial charge on any atom is -0.497 e. The number of nitrogens with zero attached hydrogens (tertiary/aromatic N) is 1. The van der Waals surface area contributed by atoms with Gasteiger partial charge in [0.1, 0.15) is 11.9 Å². The fraction of sp³-hybridized carbons (Fsp3) is 0.316. The lowest BCUT2D eigenvalue weighted by Gasteiger charge is -2.15. The first-order valence-electron chi connectivity index (χ1n) is 8.32. The van der Waals surface area contributed by atoms with Crippen molar-refractivity contribution in [3.05, 3.63) is 54.1 Å². The molecule has 1 N–H and O–H groups in total. The summed E-state index contributed by atoms with van der Waals surface area (Å²) in [7, 11) is 1.02. The molecule has 0 radical (unpaired) electrons. The molecule has 0 aliphatic carbocycles. The molecule has 8 heteroatoms. The first kappa shape index (κ1) is 20.9. The van der Waals surface area contributed by atoms with Gasteiger partial charge in [0.2, 0.25) is 10.0 Å². The molecule has 146 valence electrons. The Morgan fingerprint density at radius 2 is 1.81 bits per heavy atom. The van der Waals surface area contributed by atoms with E-state index in [0.717, 1.165) is 15.6 Å². The van der Waals surface area contributed by atoms with Gasteiger partial charge in [-0.05, 0) is 48.9 Å². The Labute approximate surface area is 160 Å². The Morgan fingerprint density at radius 1 is 1.15 bits per heavy atom. The summed E-state index contributed by atoms with van der Waals surface area (Å²) >= 11 is 0. The highest BCUT2D eigenvalue weighted by Crippen LogP contribution is 2.17. The summed E-state index contributed by atoms with van der Waals surface area (Å²) in [5.41, 5.74) is 1.39. The second kappa shape index (κ2) is 8.98. The highest BCUT2D eigenvalue weighted by Gasteiger charge is 2.18. The molecular formula is C19H24N2O5S. The predicted molar refractivity (Wildman–Crippen MR) is 103 cm³/mol. The molecule has 0 aliphatic heterocycles. The summed E-state index contributed by atoms with van der Waals surface area (Å²) < 4.78 is 36.0. The van der Waals surface area contributed by atoms with Crippen LogP contribution in [0.4, 0.5) is 5.69 Å². The number of nitrogens with one attached hydrogen (secondary N) is 1. The number of carbonyl (C=O) groups is 1. The summed E-state index contributed by atoms with van der Waals surface area (Å²) in [5, 5.41) is 2.71. The lowest BCUT2D eigenvalue weighted by molar-refractivity contribution is -0.127. The number of benzene rings is 2. The number of ether oxygens (including phenoxy) is 2. The third-order valence-electron chi connectivity index (χ3n) is 3.90. The molecule has 2 aromatic carbocycles. The number of anilines is 1. The standard InChI is InChI=1S/C19H24N2O5S/c1-14(26-13-15-6-5-7-17(12-15)25-4)19(22)20-16-8-10-18(11-9-16)27(23,24)21(2)3/h5-12,14H,13H2,1-4H3,(H,20,22). The van der Waals surface area contributed by atoms with E-state index in [9.17, 15) is 13.2 Å². The van der Waals surface area contributed by atoms with E-state index in [1.165, 1.54) is 26.2 Å². The zero-order valence-electron chi connectivity index (χ0n) is 15.8. The summed E-state index contributed by atoms with van der Waals surface area (Å²) in [4.78, 5) is 12.4. The van der Waals surface area contributed by atoms with Crippen molar-refractivity contribution in [2.45, 2.75) is 24.5 Å². The molecule has 0 saturated heterocycles. The molecule has 2 rings (SSSR count). The van der Waals surface area contributed by atoms with Crippen LogP contribution in [0.25, 0.3) is 0 Å². The zero-order valence-corrected chi connectivity index (χ0v) is 16.6. The smallest absolute Gasteiger partial charge is 0.253 e. The van der Waals surface area contributed by atoms with Crippen LogP contribution < -0.4 is 10.1 Å². The van der Waals surface area contributed by atoms with Crippen molar-refractivity contribution in [1.82, 2.24) is 4.31 Å². The maximum atomic E-state index is 12.3. The Bertz CT molecular complexity index is 879. The van der Waals surface area contributed by atoms with E-state index in [-0.39, 0.29) is 17.4 Å². The second-order valence-electron chi connectivity index (χ2n) is 6.11. The number of methoxy groups -OCH3 is 1. The molecule has 0 spiro atoms. The first-order valence-corrected chi connectivity index (χ1v) is 9.76. The predicted octanol–water partition coefficient (Wildman–Crippen LogP) is 2.49. The molecule has 0 heterocycles. The fourth-order valence-corrected chi connectivity index (χ4v) is 3.13. The van der Waals surface area contributed by atoms with Gasteiger partial charge < -0.3 is 14.8 Å². The van der Waals surface area contributed by atoms with E-state index in [1.807, 2.05) is 24.3 Å². The number of hydrogen-bond acceptors (Lipinski definition) is 5. The van der Waals surface area contributed by atoms with Gasteiger partial charge in [0, 0.05) is 19.8 Å². The average molecular weight is 392 g/mol. The molecular weight excluding hydrogens is 368 g/mol. The van der Waals surface area contributed by atoms with Gasteiger partial charge in [-0.2, -0.15) is 0 Å². The zero-order chi connectivity index (χ0) is 20.0. The lowest BCUT2D eigenvalue weighted by Crippen LogP contribution is -2.27. The van der Waals surface area contributed by atoms with Crippen molar-refractivity contribution >= 4 is 21.6 Å². The Hall–Kier alpha value is -2.42. The SMILES string of the molecule is COc1cccc(COC(C)C(=O)Nc2ccc(S(=O)(=O)N(C)C)cc2)c1. The van der Waals surface area contributed by atoms with Gasteiger partial charge in [-0.1, -0.05) is 12.1 Å². The van der Waals surface area contributed by atoms with Gasteiger partial charge >= 0.3 is 0 Å². The quantitative estimate of drug-likeness (QED) is 0.746. The van der Waals surface area contributed by atoms with Gasteiger partial charge in [-0.3, -0.25) is 4.79 Å². The normalized spacial score (nSPS) is 12.6. The maximum Gasteiger partial charge on any atom is 0.253 e. The highest BCUT2D eigenvalue weighted by atomic mass is 32.2. The van der Waals surface area contributed by atoms with Gasteiger partial charge in [-0.25, -0.2) is 12.7 Å². The summed E-state index contributed by atoms with van der Waals surface area (Å²) in [5.74, 6) is 0.405. The van der Waals surface area contributed by atoms with E-state index in [2.05, 4.69) is 5.32 Å². The van der Waals surface area contributed by atoms with Crippen LogP contribution in [0.1, 0.15) is 12.5 Å². The van der Waals surface area contributed by atoms with Crippen molar-refractivity contribution in [2.24, 2.45) is 0 Å². The Balaban J connectivity index is 1.94. The largest absolute Gasteiger partial charge is 0.497 e. The van der Waals surface area contributed by atoms with Crippen LogP contribution in [0.15, 0.2) is 53.4 Å². The molecule has 1 unspecified atom stereocenters. The summed E-state index contributed by atoms with van der Waals surface area (Å²) in [6.45, 7) is 1.92. The molecule has 1 amide bonds. The second-order valence-corrected chi connectivity index (χ2v) is 8.26. The number of carbonyl (C=O) groups excluding carboxylic acids is 1. The molecule has 2 aromatic rings. The number of rotatable bonds is 8. The molecule has 0 aliphatic rings. The van der Waals surface area contributed by atoms with E-state index < -0.39 is 16.1 Å². The molecule has 1 atom stereocenters. The number of amides is 1. The van der Waals surface area contributed by atoms with Crippen LogP contribution in [0.3, 0.4) is 0 Å². The molecule has 0 saturated carbocycles. The fourth-order valence-electron chi connectivity index (χ4n) is 2.22. The third-order valence-corrected chi connectivity index (χ3v) is 5.73. The van der Waals surface area contributed by atoms with Gasteiger partial charge in [0.05, 0.1) is 18.6 Å². The van der Waals surface area contributed by atoms with E-state index in [4.69, 9.17) is 9.47 Å². The van der Waals surface area contributed by atoms with Crippen molar-refractivity contribution in [2.75, 3.05) is 26.5 Å². The molecule has 7 nitrogen and oxygen atoms in total. The van der Waals surface area contributed by atoms with Crippen molar-refractivity contribution in [1.29, 1.82) is 0 Å². The number of hydrogen-bond donors (Lipinski definition) is 1. The monoisotopic (exact) mass is 392 g/mol. The van der Waals surface area contributed by atoms with Crippen LogP contribution in [-0.4, -0.2) is 45.9 Å². The van der Waals surface area contributed by atoms with Crippen LogP contribution in [0.2, 0.25) is 0 Å². The Kier molecular flexibility index (Phi) is 6.95. The minimum absolute atomic E-state index is 0.160. The van der Waals surface area contributed by atoms with Crippen molar-refractivity contribution < 1.29 is 22.7 Å². The van der Waals surface area contributed by atoms with E-state index in [1.54, 1.807) is 26.2 Å². The van der Waals surface area contributed by atoms with Crippen LogP contribution in [0, 0.1) is 0 Å². The maximum absolute atomic E-state index is 12.3. The number of sulfonamides is 1. The van der Waals surface area contributed by atoms with Gasteiger partial charge in [0.15, 0.2) is 0 Å². The topological polar surface area (TPSA) is 84.9 Å². The van der Waals surface area contributed by atoms with Crippen LogP contribution in [-0.2, 0) is 26.2 Å². The van der Waals surface area contributed by atoms with Crippen molar-refractivity contribution in [3.63, 3.8) is 0 Å². The van der Waals surface area contributed by atoms with Crippen LogP contribution in [0.5, 0.6) is 5.75 Å². The molecule has 0 bridgehead atoms. The van der Waals surface area contributed by atoms with E-state index in [0.29, 0.717) is 5.69 Å². The molecule has 0 fully saturated rings. The van der Waals surface area contributed by atoms with Crippen molar-refractivity contribution in [3.8, 4) is 5.75 Å².